The maximum absolute atomic E-state index is 12.6. The summed E-state index contributed by atoms with van der Waals surface area (Å²) in [7, 11) is 1.61. The smallest absolute Gasteiger partial charge is 0.288 e. The van der Waals surface area contributed by atoms with Crippen LogP contribution in [0.1, 0.15) is 17.2 Å². The van der Waals surface area contributed by atoms with Crippen molar-refractivity contribution < 1.29 is 4.74 Å². The topological polar surface area (TPSA) is 111 Å². The highest BCUT2D eigenvalue weighted by Crippen LogP contribution is 2.43. The molecular formula is C19H15N7O2. The van der Waals surface area contributed by atoms with Gasteiger partial charge in [0.25, 0.3) is 5.56 Å². The van der Waals surface area contributed by atoms with Crippen molar-refractivity contribution in [2.24, 2.45) is 0 Å². The SMILES string of the molecule is COc1ccccc1[C@H]1c2c(-c3ccccc3)n[nH]c(=O)c2Nc2nnnn21. The van der Waals surface area contributed by atoms with E-state index in [1.807, 2.05) is 54.6 Å². The van der Waals surface area contributed by atoms with Crippen LogP contribution in [0.3, 0.4) is 0 Å². The lowest BCUT2D eigenvalue weighted by molar-refractivity contribution is 0.402. The molecule has 2 aromatic carbocycles. The van der Waals surface area contributed by atoms with Crippen LogP contribution in [-0.4, -0.2) is 37.5 Å². The van der Waals surface area contributed by atoms with Crippen LogP contribution >= 0.6 is 0 Å². The highest BCUT2D eigenvalue weighted by atomic mass is 16.5. The monoisotopic (exact) mass is 373 g/mol. The van der Waals surface area contributed by atoms with E-state index < -0.39 is 6.04 Å². The number of aromatic amines is 1. The van der Waals surface area contributed by atoms with Crippen LogP contribution in [-0.2, 0) is 0 Å². The van der Waals surface area contributed by atoms with Gasteiger partial charge in [0.1, 0.15) is 17.5 Å². The summed E-state index contributed by atoms with van der Waals surface area (Å²) in [5.41, 5.74) is 3.04. The molecule has 9 heteroatoms. The number of tetrazole rings is 1. The fourth-order valence-electron chi connectivity index (χ4n) is 3.53. The number of hydrogen-bond acceptors (Lipinski definition) is 7. The van der Waals surface area contributed by atoms with Gasteiger partial charge in [-0.1, -0.05) is 53.6 Å². The van der Waals surface area contributed by atoms with E-state index in [-0.39, 0.29) is 5.56 Å². The molecule has 0 fully saturated rings. The standard InChI is InChI=1S/C19H15N7O2/c1-28-13-10-6-5-9-12(13)17-14-15(11-7-3-2-4-8-11)21-22-18(27)16(14)20-19-23-24-25-26(17)19/h2-10,17H,1H3,(H,22,27)(H,20,23,25)/t17-/m0/s1. The summed E-state index contributed by atoms with van der Waals surface area (Å²) < 4.78 is 7.21. The third-order valence-corrected chi connectivity index (χ3v) is 4.75. The molecule has 0 unspecified atom stereocenters. The molecule has 9 nitrogen and oxygen atoms in total. The number of para-hydroxylation sites is 1. The molecule has 5 rings (SSSR count). The molecule has 3 heterocycles. The summed E-state index contributed by atoms with van der Waals surface area (Å²) in [6.07, 6.45) is 0. The zero-order valence-corrected chi connectivity index (χ0v) is 14.8. The number of rotatable bonds is 3. The minimum atomic E-state index is -0.484. The van der Waals surface area contributed by atoms with Gasteiger partial charge in [0.2, 0.25) is 5.95 Å². The number of methoxy groups -OCH3 is 1. The predicted molar refractivity (Wildman–Crippen MR) is 102 cm³/mol. The van der Waals surface area contributed by atoms with Crippen LogP contribution in [0, 0.1) is 0 Å². The Labute approximate surface area is 159 Å². The van der Waals surface area contributed by atoms with Crippen molar-refractivity contribution in [3.05, 3.63) is 76.1 Å². The summed E-state index contributed by atoms with van der Waals surface area (Å²) in [6.45, 7) is 0. The predicted octanol–water partition coefficient (Wildman–Crippen LogP) is 2.13. The van der Waals surface area contributed by atoms with Crippen molar-refractivity contribution in [3.8, 4) is 17.0 Å². The highest BCUT2D eigenvalue weighted by molar-refractivity contribution is 5.75. The third kappa shape index (κ3) is 2.37. The van der Waals surface area contributed by atoms with Gasteiger partial charge in [0.15, 0.2) is 0 Å². The first-order chi connectivity index (χ1) is 13.8. The summed E-state index contributed by atoms with van der Waals surface area (Å²) in [5, 5.41) is 21.9. The van der Waals surface area contributed by atoms with Gasteiger partial charge in [-0.15, -0.1) is 0 Å². The van der Waals surface area contributed by atoms with Crippen molar-refractivity contribution in [1.82, 2.24) is 30.4 Å². The Morgan fingerprint density at radius 2 is 1.86 bits per heavy atom. The Balaban J connectivity index is 1.86. The molecule has 28 heavy (non-hydrogen) atoms. The zero-order chi connectivity index (χ0) is 19.1. The minimum Gasteiger partial charge on any atom is -0.496 e. The first kappa shape index (κ1) is 16.2. The van der Waals surface area contributed by atoms with Gasteiger partial charge in [-0.3, -0.25) is 4.79 Å². The second-order valence-corrected chi connectivity index (χ2v) is 6.27. The molecule has 2 N–H and O–H groups in total. The van der Waals surface area contributed by atoms with Crippen LogP contribution in [0.15, 0.2) is 59.4 Å². The fraction of sp³-hybridized carbons (Fsp3) is 0.105. The number of nitrogens with zero attached hydrogens (tertiary/aromatic N) is 5. The molecule has 0 aliphatic carbocycles. The molecule has 4 aromatic rings. The molecule has 0 saturated heterocycles. The minimum absolute atomic E-state index is 0.344. The fourth-order valence-corrected chi connectivity index (χ4v) is 3.53. The molecule has 0 bridgehead atoms. The highest BCUT2D eigenvalue weighted by Gasteiger charge is 2.35. The van der Waals surface area contributed by atoms with Crippen molar-refractivity contribution >= 4 is 11.6 Å². The lowest BCUT2D eigenvalue weighted by atomic mass is 9.92. The molecule has 138 valence electrons. The van der Waals surface area contributed by atoms with Gasteiger partial charge >= 0.3 is 0 Å². The molecule has 0 radical (unpaired) electrons. The van der Waals surface area contributed by atoms with E-state index in [0.717, 1.165) is 11.1 Å². The van der Waals surface area contributed by atoms with Crippen molar-refractivity contribution in [2.45, 2.75) is 6.04 Å². The van der Waals surface area contributed by atoms with Crippen LogP contribution in [0.4, 0.5) is 11.6 Å². The van der Waals surface area contributed by atoms with Crippen LogP contribution in [0.2, 0.25) is 0 Å². The van der Waals surface area contributed by atoms with E-state index in [1.165, 1.54) is 0 Å². The number of benzene rings is 2. The van der Waals surface area contributed by atoms with Gasteiger partial charge in [0, 0.05) is 16.7 Å². The van der Waals surface area contributed by atoms with Crippen molar-refractivity contribution in [2.75, 3.05) is 12.4 Å². The van der Waals surface area contributed by atoms with E-state index in [9.17, 15) is 4.79 Å². The second kappa shape index (κ2) is 6.31. The Bertz CT molecular complexity index is 1220. The molecule has 1 atom stereocenters. The first-order valence-corrected chi connectivity index (χ1v) is 8.63. The second-order valence-electron chi connectivity index (χ2n) is 6.27. The van der Waals surface area contributed by atoms with Gasteiger partial charge in [-0.2, -0.15) is 9.78 Å². The lowest BCUT2D eigenvalue weighted by Gasteiger charge is -2.28. The van der Waals surface area contributed by atoms with Crippen LogP contribution in [0.5, 0.6) is 5.75 Å². The van der Waals surface area contributed by atoms with Crippen molar-refractivity contribution in [3.63, 3.8) is 0 Å². The number of ether oxygens (including phenoxy) is 1. The molecule has 0 spiro atoms. The number of H-pyrrole nitrogens is 1. The van der Waals surface area contributed by atoms with E-state index in [1.54, 1.807) is 11.8 Å². The molecule has 1 aliphatic heterocycles. The van der Waals surface area contributed by atoms with Crippen LogP contribution < -0.4 is 15.6 Å². The number of fused-ring (bicyclic) bond motifs is 2. The molecule has 0 amide bonds. The Morgan fingerprint density at radius 1 is 1.07 bits per heavy atom. The van der Waals surface area contributed by atoms with Crippen molar-refractivity contribution in [1.29, 1.82) is 0 Å². The lowest BCUT2D eigenvalue weighted by Crippen LogP contribution is -2.29. The molecule has 1 aliphatic rings. The third-order valence-electron chi connectivity index (χ3n) is 4.75. The molecule has 2 aromatic heterocycles. The van der Waals surface area contributed by atoms with E-state index in [4.69, 9.17) is 4.74 Å². The molecule has 0 saturated carbocycles. The van der Waals surface area contributed by atoms with E-state index >= 15 is 0 Å². The summed E-state index contributed by atoms with van der Waals surface area (Å²) in [5.74, 6) is 1.04. The number of hydrogen-bond donors (Lipinski definition) is 2. The zero-order valence-electron chi connectivity index (χ0n) is 14.8. The van der Waals surface area contributed by atoms with Crippen LogP contribution in [0.25, 0.3) is 11.3 Å². The summed E-state index contributed by atoms with van der Waals surface area (Å²) in [6, 6.07) is 16.8. The normalized spacial score (nSPS) is 14.7. The quantitative estimate of drug-likeness (QED) is 0.498. The Morgan fingerprint density at radius 3 is 2.68 bits per heavy atom. The Kier molecular flexibility index (Phi) is 3.64. The largest absolute Gasteiger partial charge is 0.496 e. The van der Waals surface area contributed by atoms with E-state index in [2.05, 4.69) is 31.0 Å². The van der Waals surface area contributed by atoms with E-state index in [0.29, 0.717) is 28.6 Å². The Hall–Kier alpha value is -4.01. The molecular weight excluding hydrogens is 358 g/mol. The maximum atomic E-state index is 12.6. The van der Waals surface area contributed by atoms with Gasteiger partial charge in [-0.25, -0.2) is 5.10 Å². The summed E-state index contributed by atoms with van der Waals surface area (Å²) >= 11 is 0. The van der Waals surface area contributed by atoms with Gasteiger partial charge < -0.3 is 10.1 Å². The summed E-state index contributed by atoms with van der Waals surface area (Å²) in [4.78, 5) is 12.6. The average molecular weight is 373 g/mol. The van der Waals surface area contributed by atoms with Gasteiger partial charge in [0.05, 0.1) is 12.8 Å². The average Bonchev–Trinajstić information content (AvgIpc) is 3.22. The maximum Gasteiger partial charge on any atom is 0.288 e. The number of nitrogens with one attached hydrogen (secondary N) is 2. The number of aromatic nitrogens is 6. The number of anilines is 2. The van der Waals surface area contributed by atoms with Gasteiger partial charge in [-0.05, 0) is 16.5 Å². The first-order valence-electron chi connectivity index (χ1n) is 8.63.